The van der Waals surface area contributed by atoms with Gasteiger partial charge in [-0.2, -0.15) is 0 Å². The summed E-state index contributed by atoms with van der Waals surface area (Å²) >= 11 is 1.37. The zero-order valence-corrected chi connectivity index (χ0v) is 15.3. The van der Waals surface area contributed by atoms with E-state index in [2.05, 4.69) is 15.6 Å². The monoisotopic (exact) mass is 379 g/mol. The van der Waals surface area contributed by atoms with Crippen molar-refractivity contribution in [3.8, 4) is 0 Å². The molecule has 8 heteroatoms. The van der Waals surface area contributed by atoms with E-state index in [4.69, 9.17) is 0 Å². The van der Waals surface area contributed by atoms with Gasteiger partial charge in [-0.25, -0.2) is 9.37 Å². The predicted molar refractivity (Wildman–Crippen MR) is 96.7 cm³/mol. The minimum absolute atomic E-state index is 0. The van der Waals surface area contributed by atoms with Crippen LogP contribution < -0.4 is 10.6 Å². The summed E-state index contributed by atoms with van der Waals surface area (Å²) in [5.41, 5.74) is 0.970. The van der Waals surface area contributed by atoms with Crippen LogP contribution in [0.1, 0.15) is 28.0 Å². The fourth-order valence-electron chi connectivity index (χ4n) is 1.74. The first-order valence-corrected chi connectivity index (χ1v) is 7.61. The lowest BCUT2D eigenvalue weighted by Crippen LogP contribution is -2.37. The molecule has 0 aliphatic carbocycles. The summed E-state index contributed by atoms with van der Waals surface area (Å²) in [6.07, 6.45) is 0.400. The van der Waals surface area contributed by atoms with Gasteiger partial charge < -0.3 is 10.6 Å². The zero-order chi connectivity index (χ0) is 15.2. The number of halogens is 3. The maximum atomic E-state index is 13.6. The van der Waals surface area contributed by atoms with Gasteiger partial charge in [-0.3, -0.25) is 4.79 Å². The maximum absolute atomic E-state index is 13.6. The molecule has 2 rings (SSSR count). The molecule has 1 amide bonds. The van der Waals surface area contributed by atoms with Crippen molar-refractivity contribution in [3.63, 3.8) is 0 Å². The number of thiazole rings is 1. The molecular weight excluding hydrogens is 360 g/mol. The second-order valence-corrected chi connectivity index (χ2v) is 5.74. The standard InChI is InChI=1S/C15H18FN3OS.2ClH/c1-10(17-2)8-18-15(20)13-9-21-14(19-13)7-11-5-3-4-6-12(11)16;;/h3-6,9-10,17H,7-8H2,1-2H3,(H,18,20);2*1H. The third-order valence-corrected chi connectivity index (χ3v) is 3.99. The van der Waals surface area contributed by atoms with Crippen molar-refractivity contribution < 1.29 is 9.18 Å². The number of benzene rings is 1. The SMILES string of the molecule is CNC(C)CNC(=O)c1csc(Cc2ccccc2F)n1.Cl.Cl. The lowest BCUT2D eigenvalue weighted by Gasteiger charge is -2.10. The van der Waals surface area contributed by atoms with E-state index in [-0.39, 0.29) is 42.6 Å². The first-order chi connectivity index (χ1) is 10.1. The lowest BCUT2D eigenvalue weighted by atomic mass is 10.1. The van der Waals surface area contributed by atoms with Gasteiger partial charge in [0, 0.05) is 24.4 Å². The van der Waals surface area contributed by atoms with Gasteiger partial charge in [0.2, 0.25) is 0 Å². The van der Waals surface area contributed by atoms with E-state index < -0.39 is 0 Å². The zero-order valence-electron chi connectivity index (χ0n) is 12.8. The van der Waals surface area contributed by atoms with Crippen LogP contribution in [-0.4, -0.2) is 30.5 Å². The Balaban J connectivity index is 0.00000242. The number of nitrogens with zero attached hydrogens (tertiary/aromatic N) is 1. The normalized spacial score (nSPS) is 11.1. The van der Waals surface area contributed by atoms with E-state index in [1.165, 1.54) is 17.4 Å². The predicted octanol–water partition coefficient (Wildman–Crippen LogP) is 3.05. The summed E-state index contributed by atoms with van der Waals surface area (Å²) in [5, 5.41) is 8.28. The van der Waals surface area contributed by atoms with E-state index in [0.29, 0.717) is 24.2 Å². The number of nitrogens with one attached hydrogen (secondary N) is 2. The average molecular weight is 380 g/mol. The number of amides is 1. The van der Waals surface area contributed by atoms with Gasteiger partial charge in [0.05, 0.1) is 5.01 Å². The molecule has 4 nitrogen and oxygen atoms in total. The molecule has 1 aromatic carbocycles. The average Bonchev–Trinajstić information content (AvgIpc) is 2.95. The minimum atomic E-state index is -0.249. The van der Waals surface area contributed by atoms with E-state index in [9.17, 15) is 9.18 Å². The molecule has 1 heterocycles. The van der Waals surface area contributed by atoms with Crippen LogP contribution in [0.4, 0.5) is 4.39 Å². The van der Waals surface area contributed by atoms with Crippen LogP contribution in [0.3, 0.4) is 0 Å². The van der Waals surface area contributed by atoms with Crippen molar-refractivity contribution in [2.45, 2.75) is 19.4 Å². The largest absolute Gasteiger partial charge is 0.349 e. The Kier molecular flexibility index (Phi) is 9.99. The summed E-state index contributed by atoms with van der Waals surface area (Å²) < 4.78 is 13.6. The van der Waals surface area contributed by atoms with Crippen LogP contribution in [0, 0.1) is 5.82 Å². The van der Waals surface area contributed by atoms with Crippen LogP contribution in [0.5, 0.6) is 0 Å². The topological polar surface area (TPSA) is 54.0 Å². The third-order valence-electron chi connectivity index (χ3n) is 3.15. The Morgan fingerprint density at radius 1 is 1.35 bits per heavy atom. The Bertz CT molecular complexity index is 624. The molecule has 0 spiro atoms. The lowest BCUT2D eigenvalue weighted by molar-refractivity contribution is 0.0946. The molecule has 0 radical (unpaired) electrons. The molecule has 0 bridgehead atoms. The highest BCUT2D eigenvalue weighted by atomic mass is 35.5. The summed E-state index contributed by atoms with van der Waals surface area (Å²) in [7, 11) is 1.84. The number of likely N-dealkylation sites (N-methyl/N-ethyl adjacent to an activating group) is 1. The highest BCUT2D eigenvalue weighted by Gasteiger charge is 2.12. The number of hydrogen-bond donors (Lipinski definition) is 2. The minimum Gasteiger partial charge on any atom is -0.349 e. The third kappa shape index (κ3) is 6.43. The molecule has 23 heavy (non-hydrogen) atoms. The van der Waals surface area contributed by atoms with Crippen LogP contribution in [0.15, 0.2) is 29.6 Å². The Labute approximate surface area is 151 Å². The molecule has 2 aromatic rings. The molecule has 1 aromatic heterocycles. The fourth-order valence-corrected chi connectivity index (χ4v) is 2.54. The first kappa shape index (κ1) is 21.8. The molecule has 128 valence electrons. The summed E-state index contributed by atoms with van der Waals surface area (Å²) in [6.45, 7) is 2.51. The number of aromatic nitrogens is 1. The van der Waals surface area contributed by atoms with Crippen molar-refractivity contribution in [1.82, 2.24) is 15.6 Å². The molecule has 1 unspecified atom stereocenters. The van der Waals surface area contributed by atoms with E-state index >= 15 is 0 Å². The van der Waals surface area contributed by atoms with E-state index in [1.807, 2.05) is 14.0 Å². The Hall–Kier alpha value is -1.21. The van der Waals surface area contributed by atoms with E-state index in [0.717, 1.165) is 5.01 Å². The van der Waals surface area contributed by atoms with Gasteiger partial charge in [0.15, 0.2) is 0 Å². The van der Waals surface area contributed by atoms with Crippen LogP contribution >= 0.6 is 36.2 Å². The second kappa shape index (κ2) is 10.5. The van der Waals surface area contributed by atoms with Gasteiger partial charge in [0.1, 0.15) is 11.5 Å². The molecule has 1 atom stereocenters. The van der Waals surface area contributed by atoms with Crippen LogP contribution in [-0.2, 0) is 6.42 Å². The van der Waals surface area contributed by atoms with Crippen molar-refractivity contribution >= 4 is 42.1 Å². The molecule has 0 saturated heterocycles. The highest BCUT2D eigenvalue weighted by molar-refractivity contribution is 7.09. The summed E-state index contributed by atoms with van der Waals surface area (Å²) in [5.74, 6) is -0.449. The van der Waals surface area contributed by atoms with Crippen LogP contribution in [0.25, 0.3) is 0 Å². The molecule has 0 fully saturated rings. The fraction of sp³-hybridized carbons (Fsp3) is 0.333. The smallest absolute Gasteiger partial charge is 0.270 e. The van der Waals surface area contributed by atoms with Gasteiger partial charge in [0.25, 0.3) is 5.91 Å². The van der Waals surface area contributed by atoms with Crippen molar-refractivity contribution in [2.24, 2.45) is 0 Å². The van der Waals surface area contributed by atoms with Gasteiger partial charge in [-0.15, -0.1) is 36.2 Å². The maximum Gasteiger partial charge on any atom is 0.270 e. The Morgan fingerprint density at radius 2 is 2.04 bits per heavy atom. The van der Waals surface area contributed by atoms with Crippen LogP contribution in [0.2, 0.25) is 0 Å². The van der Waals surface area contributed by atoms with Gasteiger partial charge >= 0.3 is 0 Å². The first-order valence-electron chi connectivity index (χ1n) is 6.73. The van der Waals surface area contributed by atoms with E-state index in [1.54, 1.807) is 23.6 Å². The second-order valence-electron chi connectivity index (χ2n) is 4.79. The summed E-state index contributed by atoms with van der Waals surface area (Å²) in [4.78, 5) is 16.2. The molecule has 0 aliphatic rings. The Morgan fingerprint density at radius 3 is 2.70 bits per heavy atom. The number of rotatable bonds is 6. The molecule has 0 aliphatic heterocycles. The van der Waals surface area contributed by atoms with Gasteiger partial charge in [-0.1, -0.05) is 18.2 Å². The summed E-state index contributed by atoms with van der Waals surface area (Å²) in [6, 6.07) is 6.80. The molecular formula is C15H20Cl2FN3OS. The quantitative estimate of drug-likeness (QED) is 0.810. The molecule has 2 N–H and O–H groups in total. The highest BCUT2D eigenvalue weighted by Crippen LogP contribution is 2.16. The number of hydrogen-bond acceptors (Lipinski definition) is 4. The van der Waals surface area contributed by atoms with Crippen molar-refractivity contribution in [3.05, 3.63) is 51.7 Å². The number of carbonyl (C=O) groups excluding carboxylic acids is 1. The number of carbonyl (C=O) groups is 1. The van der Waals surface area contributed by atoms with Gasteiger partial charge in [-0.05, 0) is 25.6 Å². The molecule has 0 saturated carbocycles. The van der Waals surface area contributed by atoms with Crippen molar-refractivity contribution in [1.29, 1.82) is 0 Å². The van der Waals surface area contributed by atoms with Crippen molar-refractivity contribution in [2.75, 3.05) is 13.6 Å².